The Bertz CT molecular complexity index is 701. The van der Waals surface area contributed by atoms with Gasteiger partial charge < -0.3 is 9.80 Å². The van der Waals surface area contributed by atoms with Crippen LogP contribution in [0, 0.1) is 5.82 Å². The molecule has 2 aromatic rings. The number of carbonyl (C=O) groups is 2. The summed E-state index contributed by atoms with van der Waals surface area (Å²) in [5.41, 5.74) is 1.79. The number of rotatable bonds is 7. The molecule has 0 atom stereocenters. The Morgan fingerprint density at radius 1 is 0.960 bits per heavy atom. The van der Waals surface area contributed by atoms with Crippen LogP contribution in [0.4, 0.5) is 10.1 Å². The number of benzene rings is 2. The van der Waals surface area contributed by atoms with Crippen molar-refractivity contribution in [3.63, 3.8) is 0 Å². The van der Waals surface area contributed by atoms with Gasteiger partial charge in [0.2, 0.25) is 11.8 Å². The molecule has 0 aliphatic carbocycles. The fourth-order valence-corrected chi connectivity index (χ4v) is 2.54. The summed E-state index contributed by atoms with van der Waals surface area (Å²) in [7, 11) is 1.73. The zero-order valence-electron chi connectivity index (χ0n) is 14.6. The molecule has 5 heteroatoms. The van der Waals surface area contributed by atoms with Crippen molar-refractivity contribution in [3.05, 3.63) is 66.0 Å². The van der Waals surface area contributed by atoms with Gasteiger partial charge in [0.05, 0.1) is 0 Å². The Balaban J connectivity index is 1.87. The first kappa shape index (κ1) is 18.6. The van der Waals surface area contributed by atoms with Crippen molar-refractivity contribution in [2.24, 2.45) is 0 Å². The highest BCUT2D eigenvalue weighted by atomic mass is 19.1. The van der Waals surface area contributed by atoms with E-state index in [9.17, 15) is 14.0 Å². The quantitative estimate of drug-likeness (QED) is 0.775. The Kier molecular flexibility index (Phi) is 6.69. The fourth-order valence-electron chi connectivity index (χ4n) is 2.54. The number of hydrogen-bond donors (Lipinski definition) is 0. The van der Waals surface area contributed by atoms with Crippen molar-refractivity contribution in [2.45, 2.75) is 19.8 Å². The van der Waals surface area contributed by atoms with E-state index in [0.29, 0.717) is 19.5 Å². The average molecular weight is 342 g/mol. The minimum absolute atomic E-state index is 0.0424. The van der Waals surface area contributed by atoms with Crippen LogP contribution >= 0.6 is 0 Å². The van der Waals surface area contributed by atoms with Crippen LogP contribution in [0.2, 0.25) is 0 Å². The van der Waals surface area contributed by atoms with E-state index in [4.69, 9.17) is 0 Å². The molecule has 0 saturated heterocycles. The van der Waals surface area contributed by atoms with E-state index < -0.39 is 0 Å². The molecule has 2 aromatic carbocycles. The third kappa shape index (κ3) is 5.71. The SMILES string of the molecule is CC(=O)N(CCC(=O)N(C)c1ccccc1)CCc1ccc(F)cc1. The molecule has 0 fully saturated rings. The van der Waals surface area contributed by atoms with E-state index >= 15 is 0 Å². The van der Waals surface area contributed by atoms with Gasteiger partial charge in [-0.1, -0.05) is 30.3 Å². The fraction of sp³-hybridized carbons (Fsp3) is 0.300. The number of anilines is 1. The molecule has 4 nitrogen and oxygen atoms in total. The van der Waals surface area contributed by atoms with Gasteiger partial charge in [0, 0.05) is 39.2 Å². The van der Waals surface area contributed by atoms with Gasteiger partial charge in [0.25, 0.3) is 0 Å². The molecule has 0 aliphatic rings. The largest absolute Gasteiger partial charge is 0.342 e. The number of amides is 2. The Hall–Kier alpha value is -2.69. The van der Waals surface area contributed by atoms with Crippen LogP contribution in [0.15, 0.2) is 54.6 Å². The molecule has 25 heavy (non-hydrogen) atoms. The molecular weight excluding hydrogens is 319 g/mol. The molecule has 0 aromatic heterocycles. The van der Waals surface area contributed by atoms with Gasteiger partial charge in [-0.05, 0) is 36.2 Å². The topological polar surface area (TPSA) is 40.6 Å². The second kappa shape index (κ2) is 8.97. The molecule has 0 aliphatic heterocycles. The van der Waals surface area contributed by atoms with Crippen molar-refractivity contribution in [1.82, 2.24) is 4.90 Å². The average Bonchev–Trinajstić information content (AvgIpc) is 2.62. The molecule has 2 rings (SSSR count). The lowest BCUT2D eigenvalue weighted by Crippen LogP contribution is -2.35. The predicted molar refractivity (Wildman–Crippen MR) is 96.8 cm³/mol. The minimum Gasteiger partial charge on any atom is -0.342 e. The van der Waals surface area contributed by atoms with Crippen LogP contribution < -0.4 is 4.90 Å². The van der Waals surface area contributed by atoms with E-state index in [1.807, 2.05) is 30.3 Å². The van der Waals surface area contributed by atoms with Gasteiger partial charge >= 0.3 is 0 Å². The van der Waals surface area contributed by atoms with E-state index in [-0.39, 0.29) is 24.1 Å². The van der Waals surface area contributed by atoms with Crippen LogP contribution in [-0.2, 0) is 16.0 Å². The smallest absolute Gasteiger partial charge is 0.228 e. The molecule has 0 heterocycles. The number of carbonyl (C=O) groups excluding carboxylic acids is 2. The van der Waals surface area contributed by atoms with Crippen LogP contribution in [0.1, 0.15) is 18.9 Å². The van der Waals surface area contributed by atoms with Crippen molar-refractivity contribution < 1.29 is 14.0 Å². The van der Waals surface area contributed by atoms with Crippen molar-refractivity contribution in [3.8, 4) is 0 Å². The number of para-hydroxylation sites is 1. The summed E-state index contributed by atoms with van der Waals surface area (Å²) in [6.45, 7) is 2.37. The maximum Gasteiger partial charge on any atom is 0.228 e. The molecule has 0 saturated carbocycles. The lowest BCUT2D eigenvalue weighted by Gasteiger charge is -2.23. The summed E-state index contributed by atoms with van der Waals surface area (Å²) in [5, 5.41) is 0. The van der Waals surface area contributed by atoms with E-state index in [0.717, 1.165) is 11.3 Å². The van der Waals surface area contributed by atoms with Gasteiger partial charge in [0.1, 0.15) is 5.82 Å². The van der Waals surface area contributed by atoms with Gasteiger partial charge in [0.15, 0.2) is 0 Å². The Labute approximate surface area is 147 Å². The summed E-state index contributed by atoms with van der Waals surface area (Å²) in [6, 6.07) is 15.6. The van der Waals surface area contributed by atoms with E-state index in [1.54, 1.807) is 29.0 Å². The first-order valence-electron chi connectivity index (χ1n) is 8.29. The van der Waals surface area contributed by atoms with Gasteiger partial charge in [-0.15, -0.1) is 0 Å². The number of halogens is 1. The molecule has 0 bridgehead atoms. The highest BCUT2D eigenvalue weighted by molar-refractivity contribution is 5.93. The third-order valence-electron chi connectivity index (χ3n) is 4.14. The lowest BCUT2D eigenvalue weighted by atomic mass is 10.1. The molecule has 0 N–H and O–H groups in total. The van der Waals surface area contributed by atoms with Crippen molar-refractivity contribution in [1.29, 1.82) is 0 Å². The second-order valence-corrected chi connectivity index (χ2v) is 5.92. The molecular formula is C20H23FN2O2. The molecule has 0 radical (unpaired) electrons. The summed E-state index contributed by atoms with van der Waals surface area (Å²) >= 11 is 0. The second-order valence-electron chi connectivity index (χ2n) is 5.92. The molecule has 0 spiro atoms. The van der Waals surface area contributed by atoms with Crippen LogP contribution in [0.3, 0.4) is 0 Å². The van der Waals surface area contributed by atoms with Crippen LogP contribution in [-0.4, -0.2) is 36.9 Å². The molecule has 132 valence electrons. The van der Waals surface area contributed by atoms with Crippen LogP contribution in [0.5, 0.6) is 0 Å². The first-order valence-corrected chi connectivity index (χ1v) is 8.29. The maximum absolute atomic E-state index is 12.9. The third-order valence-corrected chi connectivity index (χ3v) is 4.14. The maximum atomic E-state index is 12.9. The zero-order valence-corrected chi connectivity index (χ0v) is 14.6. The van der Waals surface area contributed by atoms with E-state index in [1.165, 1.54) is 19.1 Å². The standard InChI is InChI=1S/C20H23FN2O2/c1-16(24)23(14-12-17-8-10-18(21)11-9-17)15-13-20(25)22(2)19-6-4-3-5-7-19/h3-11H,12-15H2,1-2H3. The monoisotopic (exact) mass is 342 g/mol. The number of hydrogen-bond acceptors (Lipinski definition) is 2. The minimum atomic E-state index is -0.276. The van der Waals surface area contributed by atoms with Gasteiger partial charge in [-0.25, -0.2) is 4.39 Å². The summed E-state index contributed by atoms with van der Waals surface area (Å²) in [5.74, 6) is -0.391. The zero-order chi connectivity index (χ0) is 18.2. The highest BCUT2D eigenvalue weighted by Gasteiger charge is 2.15. The predicted octanol–water partition coefficient (Wildman–Crippen LogP) is 3.27. The van der Waals surface area contributed by atoms with Gasteiger partial charge in [-0.3, -0.25) is 9.59 Å². The summed E-state index contributed by atoms with van der Waals surface area (Å²) in [6.07, 6.45) is 0.886. The lowest BCUT2D eigenvalue weighted by molar-refractivity contribution is -0.129. The normalized spacial score (nSPS) is 10.4. The van der Waals surface area contributed by atoms with E-state index in [2.05, 4.69) is 0 Å². The summed E-state index contributed by atoms with van der Waals surface area (Å²) < 4.78 is 12.9. The Morgan fingerprint density at radius 3 is 2.20 bits per heavy atom. The van der Waals surface area contributed by atoms with Crippen molar-refractivity contribution in [2.75, 3.05) is 25.0 Å². The number of nitrogens with zero attached hydrogens (tertiary/aromatic N) is 2. The van der Waals surface area contributed by atoms with Crippen LogP contribution in [0.25, 0.3) is 0 Å². The molecule has 0 unspecified atom stereocenters. The van der Waals surface area contributed by atoms with Crippen molar-refractivity contribution >= 4 is 17.5 Å². The Morgan fingerprint density at radius 2 is 1.60 bits per heavy atom. The molecule has 2 amide bonds. The van der Waals surface area contributed by atoms with Gasteiger partial charge in [-0.2, -0.15) is 0 Å². The highest BCUT2D eigenvalue weighted by Crippen LogP contribution is 2.12. The first-order chi connectivity index (χ1) is 12.0. The summed E-state index contributed by atoms with van der Waals surface area (Å²) in [4.78, 5) is 27.4.